The van der Waals surface area contributed by atoms with Crippen molar-refractivity contribution in [2.45, 2.75) is 19.9 Å². The number of carbonyl (C=O) groups is 2. The monoisotopic (exact) mass is 461 g/mol. The van der Waals surface area contributed by atoms with Gasteiger partial charge in [0.1, 0.15) is 42.3 Å². The molecule has 2 aliphatic rings. The van der Waals surface area contributed by atoms with Crippen LogP contribution in [0.1, 0.15) is 30.0 Å². The summed E-state index contributed by atoms with van der Waals surface area (Å²) in [6.07, 6.45) is 0. The van der Waals surface area contributed by atoms with Crippen LogP contribution in [0.15, 0.2) is 64.6 Å². The van der Waals surface area contributed by atoms with Crippen LogP contribution in [0.4, 0.5) is 5.69 Å². The number of amides is 1. The molecular weight excluding hydrogens is 438 g/mol. The van der Waals surface area contributed by atoms with Crippen molar-refractivity contribution in [3.63, 3.8) is 0 Å². The topological polar surface area (TPSA) is 98.4 Å². The molecule has 5 rings (SSSR count). The van der Waals surface area contributed by atoms with E-state index in [1.54, 1.807) is 61.5 Å². The maximum absolute atomic E-state index is 13.2. The van der Waals surface area contributed by atoms with Gasteiger partial charge in [0.2, 0.25) is 0 Å². The molecule has 0 spiro atoms. The standard InChI is InChI=1S/C26H23NO7/c1-3-31-18-8-6-17(7-9-18)27-23(20-10-4-15(2)34-20)22(25(29)26(27)30)24(28)16-5-11-19-21(14-16)33-13-12-32-19/h4-11,14,23,28H,3,12-13H2,1-2H3/b24-22-. The molecule has 34 heavy (non-hydrogen) atoms. The molecule has 1 unspecified atom stereocenters. The minimum atomic E-state index is -0.945. The molecule has 2 aliphatic heterocycles. The van der Waals surface area contributed by atoms with E-state index >= 15 is 0 Å². The Morgan fingerprint density at radius 3 is 2.44 bits per heavy atom. The van der Waals surface area contributed by atoms with Gasteiger partial charge in [-0.2, -0.15) is 0 Å². The first-order valence-electron chi connectivity index (χ1n) is 11.0. The van der Waals surface area contributed by atoms with E-state index in [4.69, 9.17) is 18.6 Å². The number of ketones is 1. The van der Waals surface area contributed by atoms with Gasteiger partial charge in [-0.15, -0.1) is 0 Å². The molecule has 1 amide bonds. The van der Waals surface area contributed by atoms with Gasteiger partial charge in [-0.3, -0.25) is 14.5 Å². The van der Waals surface area contributed by atoms with Crippen molar-refractivity contribution in [1.82, 2.24) is 0 Å². The highest BCUT2D eigenvalue weighted by atomic mass is 16.6. The largest absolute Gasteiger partial charge is 0.507 e. The zero-order chi connectivity index (χ0) is 23.8. The third-order valence-corrected chi connectivity index (χ3v) is 5.72. The summed E-state index contributed by atoms with van der Waals surface area (Å²) in [6, 6.07) is 14.2. The van der Waals surface area contributed by atoms with Gasteiger partial charge in [0, 0.05) is 11.3 Å². The second-order valence-electron chi connectivity index (χ2n) is 7.90. The second kappa shape index (κ2) is 8.62. The number of fused-ring (bicyclic) bond motifs is 1. The average Bonchev–Trinajstić information content (AvgIpc) is 3.39. The molecule has 1 N–H and O–H groups in total. The highest BCUT2D eigenvalue weighted by Gasteiger charge is 2.48. The second-order valence-corrected chi connectivity index (χ2v) is 7.90. The zero-order valence-electron chi connectivity index (χ0n) is 18.7. The van der Waals surface area contributed by atoms with Gasteiger partial charge in [-0.1, -0.05) is 0 Å². The van der Waals surface area contributed by atoms with E-state index in [2.05, 4.69) is 0 Å². The molecule has 0 aliphatic carbocycles. The number of furan rings is 1. The van der Waals surface area contributed by atoms with E-state index in [9.17, 15) is 14.7 Å². The predicted molar refractivity (Wildman–Crippen MR) is 123 cm³/mol. The average molecular weight is 461 g/mol. The van der Waals surface area contributed by atoms with E-state index in [0.29, 0.717) is 59.8 Å². The molecule has 3 aromatic rings. The number of benzene rings is 2. The lowest BCUT2D eigenvalue weighted by atomic mass is 9.99. The minimum absolute atomic E-state index is 0.0649. The summed E-state index contributed by atoms with van der Waals surface area (Å²) in [7, 11) is 0. The van der Waals surface area contributed by atoms with E-state index in [0.717, 1.165) is 0 Å². The molecule has 8 nitrogen and oxygen atoms in total. The summed E-state index contributed by atoms with van der Waals surface area (Å²) < 4.78 is 22.5. The number of carbonyl (C=O) groups excluding carboxylic acids is 2. The molecule has 0 saturated carbocycles. The third-order valence-electron chi connectivity index (χ3n) is 5.72. The first-order valence-corrected chi connectivity index (χ1v) is 11.0. The summed E-state index contributed by atoms with van der Waals surface area (Å²) in [5, 5.41) is 11.2. The Morgan fingerprint density at radius 1 is 1.03 bits per heavy atom. The normalized spacial score (nSPS) is 18.9. The lowest BCUT2D eigenvalue weighted by Crippen LogP contribution is -2.29. The van der Waals surface area contributed by atoms with Crippen molar-refractivity contribution < 1.29 is 33.3 Å². The van der Waals surface area contributed by atoms with Crippen molar-refractivity contribution in [3.05, 3.63) is 77.3 Å². The van der Waals surface area contributed by atoms with Crippen LogP contribution < -0.4 is 19.1 Å². The number of aryl methyl sites for hydroxylation is 1. The molecule has 2 aromatic carbocycles. The van der Waals surface area contributed by atoms with Gasteiger partial charge < -0.3 is 23.7 Å². The minimum Gasteiger partial charge on any atom is -0.507 e. The maximum atomic E-state index is 13.2. The Hall–Kier alpha value is -4.20. The molecule has 1 atom stereocenters. The number of aliphatic hydroxyl groups excluding tert-OH is 1. The van der Waals surface area contributed by atoms with E-state index in [-0.39, 0.29) is 11.3 Å². The van der Waals surface area contributed by atoms with Gasteiger partial charge in [-0.25, -0.2) is 0 Å². The predicted octanol–water partition coefficient (Wildman–Crippen LogP) is 4.38. The summed E-state index contributed by atoms with van der Waals surface area (Å²) in [5.74, 6) is 0.753. The highest BCUT2D eigenvalue weighted by molar-refractivity contribution is 6.51. The van der Waals surface area contributed by atoms with Crippen LogP contribution in [0.25, 0.3) is 5.76 Å². The number of nitrogens with zero attached hydrogens (tertiary/aromatic N) is 1. The molecule has 0 bridgehead atoms. The number of ether oxygens (including phenoxy) is 3. The first-order chi connectivity index (χ1) is 16.5. The molecule has 1 aromatic heterocycles. The van der Waals surface area contributed by atoms with Crippen molar-refractivity contribution in [3.8, 4) is 17.2 Å². The summed E-state index contributed by atoms with van der Waals surface area (Å²) >= 11 is 0. The number of anilines is 1. The van der Waals surface area contributed by atoms with Crippen LogP contribution in [0.2, 0.25) is 0 Å². The Bertz CT molecular complexity index is 1290. The SMILES string of the molecule is CCOc1ccc(N2C(=O)C(=O)/C(=C(\O)c3ccc4c(c3)OCCO4)C2c2ccc(C)o2)cc1. The molecule has 1 fully saturated rings. The van der Waals surface area contributed by atoms with Crippen LogP contribution in [-0.4, -0.2) is 36.6 Å². The molecular formula is C26H23NO7. The lowest BCUT2D eigenvalue weighted by molar-refractivity contribution is -0.132. The number of aliphatic hydroxyl groups is 1. The first kappa shape index (κ1) is 21.6. The third kappa shape index (κ3) is 3.67. The fourth-order valence-corrected chi connectivity index (χ4v) is 4.18. The number of Topliss-reactive ketones (excluding diaryl/α,β-unsaturated/α-hetero) is 1. The Balaban J connectivity index is 1.63. The Kier molecular flexibility index (Phi) is 5.49. The smallest absolute Gasteiger partial charge is 0.300 e. The van der Waals surface area contributed by atoms with Gasteiger partial charge >= 0.3 is 0 Å². The van der Waals surface area contributed by atoms with E-state index < -0.39 is 17.7 Å². The lowest BCUT2D eigenvalue weighted by Gasteiger charge is -2.24. The molecule has 3 heterocycles. The van der Waals surface area contributed by atoms with Crippen LogP contribution in [0, 0.1) is 6.92 Å². The summed E-state index contributed by atoms with van der Waals surface area (Å²) in [6.45, 7) is 4.97. The molecule has 1 saturated heterocycles. The van der Waals surface area contributed by atoms with Crippen LogP contribution >= 0.6 is 0 Å². The van der Waals surface area contributed by atoms with Crippen LogP contribution in [-0.2, 0) is 9.59 Å². The Morgan fingerprint density at radius 2 is 1.76 bits per heavy atom. The quantitative estimate of drug-likeness (QED) is 0.342. The van der Waals surface area contributed by atoms with Crippen molar-refractivity contribution >= 4 is 23.1 Å². The number of hydrogen-bond donors (Lipinski definition) is 1. The molecule has 0 radical (unpaired) electrons. The van der Waals surface area contributed by atoms with E-state index in [1.807, 2.05) is 6.92 Å². The molecule has 174 valence electrons. The number of hydrogen-bond acceptors (Lipinski definition) is 7. The summed E-state index contributed by atoms with van der Waals surface area (Å²) in [4.78, 5) is 27.8. The van der Waals surface area contributed by atoms with Gasteiger partial charge in [0.25, 0.3) is 11.7 Å². The van der Waals surface area contributed by atoms with Crippen LogP contribution in [0.3, 0.4) is 0 Å². The van der Waals surface area contributed by atoms with Gasteiger partial charge in [0.05, 0.1) is 12.2 Å². The highest BCUT2D eigenvalue weighted by Crippen LogP contribution is 2.43. The Labute approximate surface area is 196 Å². The van der Waals surface area contributed by atoms with Crippen molar-refractivity contribution in [2.75, 3.05) is 24.7 Å². The van der Waals surface area contributed by atoms with Crippen molar-refractivity contribution in [1.29, 1.82) is 0 Å². The zero-order valence-corrected chi connectivity index (χ0v) is 18.7. The number of rotatable bonds is 5. The maximum Gasteiger partial charge on any atom is 0.300 e. The van der Waals surface area contributed by atoms with E-state index in [1.165, 1.54) is 4.90 Å². The van der Waals surface area contributed by atoms with Crippen LogP contribution in [0.5, 0.6) is 17.2 Å². The summed E-state index contributed by atoms with van der Waals surface area (Å²) in [5.41, 5.74) is 0.748. The fourth-order valence-electron chi connectivity index (χ4n) is 4.18. The van der Waals surface area contributed by atoms with Crippen molar-refractivity contribution in [2.24, 2.45) is 0 Å². The molecule has 8 heteroatoms. The van der Waals surface area contributed by atoms with Gasteiger partial charge in [-0.05, 0) is 68.4 Å². The van der Waals surface area contributed by atoms with Gasteiger partial charge in [0.15, 0.2) is 11.5 Å². The fraction of sp³-hybridized carbons (Fsp3) is 0.231.